The number of ketones is 1. The normalized spacial score (nSPS) is 16.5. The zero-order valence-electron chi connectivity index (χ0n) is 10.4. The minimum absolute atomic E-state index is 0.0728. The average Bonchev–Trinajstić information content (AvgIpc) is 2.50. The van der Waals surface area contributed by atoms with Crippen LogP contribution in [0.1, 0.15) is 11.1 Å². The summed E-state index contributed by atoms with van der Waals surface area (Å²) in [6.45, 7) is 0. The zero-order valence-corrected chi connectivity index (χ0v) is 10.4. The van der Waals surface area contributed by atoms with Crippen molar-refractivity contribution in [3.05, 3.63) is 96.1 Å². The lowest BCUT2D eigenvalue weighted by Crippen LogP contribution is -2.35. The van der Waals surface area contributed by atoms with E-state index in [-0.39, 0.29) is 5.78 Å². The summed E-state index contributed by atoms with van der Waals surface area (Å²) >= 11 is 0. The van der Waals surface area contributed by atoms with Crippen molar-refractivity contribution in [2.24, 2.45) is 0 Å². The van der Waals surface area contributed by atoms with Gasteiger partial charge in [-0.25, -0.2) is 0 Å². The van der Waals surface area contributed by atoms with E-state index in [0.29, 0.717) is 0 Å². The third-order valence-electron chi connectivity index (χ3n) is 3.48. The van der Waals surface area contributed by atoms with E-state index in [2.05, 4.69) is 6.08 Å². The van der Waals surface area contributed by atoms with Gasteiger partial charge in [0.15, 0.2) is 5.78 Å². The highest BCUT2D eigenvalue weighted by Crippen LogP contribution is 2.36. The Bertz CT molecular complexity index is 596. The Morgan fingerprint density at radius 2 is 1.32 bits per heavy atom. The fourth-order valence-electron chi connectivity index (χ4n) is 2.52. The van der Waals surface area contributed by atoms with Crippen LogP contribution in [0.2, 0.25) is 0 Å². The molecule has 0 N–H and O–H groups in total. The van der Waals surface area contributed by atoms with E-state index in [9.17, 15) is 4.79 Å². The fourth-order valence-corrected chi connectivity index (χ4v) is 2.52. The molecule has 0 amide bonds. The van der Waals surface area contributed by atoms with Crippen molar-refractivity contribution in [3.8, 4) is 0 Å². The van der Waals surface area contributed by atoms with Crippen LogP contribution >= 0.6 is 0 Å². The largest absolute Gasteiger partial charge is 0.293 e. The second-order valence-corrected chi connectivity index (χ2v) is 4.55. The molecule has 0 saturated carbocycles. The van der Waals surface area contributed by atoms with Crippen molar-refractivity contribution in [2.75, 3.05) is 0 Å². The minimum atomic E-state index is -0.739. The van der Waals surface area contributed by atoms with Crippen LogP contribution in [0.15, 0.2) is 78.9 Å². The third kappa shape index (κ3) is 1.84. The number of rotatable bonds is 2. The van der Waals surface area contributed by atoms with Gasteiger partial charge in [0.2, 0.25) is 0 Å². The monoisotopic (exact) mass is 245 g/mol. The van der Waals surface area contributed by atoms with Crippen LogP contribution in [0.25, 0.3) is 0 Å². The van der Waals surface area contributed by atoms with Gasteiger partial charge in [-0.15, -0.1) is 0 Å². The molecule has 0 aliphatic heterocycles. The van der Waals surface area contributed by atoms with Crippen molar-refractivity contribution in [3.63, 3.8) is 0 Å². The second-order valence-electron chi connectivity index (χ2n) is 4.55. The van der Waals surface area contributed by atoms with E-state index in [1.807, 2.05) is 66.7 Å². The first-order valence-electron chi connectivity index (χ1n) is 6.26. The molecule has 2 aromatic rings. The van der Waals surface area contributed by atoms with Crippen LogP contribution in [0.4, 0.5) is 0 Å². The van der Waals surface area contributed by atoms with E-state index in [1.54, 1.807) is 12.2 Å². The van der Waals surface area contributed by atoms with Gasteiger partial charge >= 0.3 is 0 Å². The lowest BCUT2D eigenvalue weighted by Gasteiger charge is -2.30. The molecule has 1 aliphatic carbocycles. The van der Waals surface area contributed by atoms with Gasteiger partial charge in [-0.05, 0) is 23.3 Å². The quantitative estimate of drug-likeness (QED) is 0.791. The summed E-state index contributed by atoms with van der Waals surface area (Å²) in [6, 6.07) is 19.7. The SMILES string of the molecule is O=C1C=C[C]=CC1(c1ccccc1)c1ccccc1. The smallest absolute Gasteiger partial charge is 0.174 e. The topological polar surface area (TPSA) is 17.1 Å². The van der Waals surface area contributed by atoms with Gasteiger partial charge in [0.1, 0.15) is 5.41 Å². The van der Waals surface area contributed by atoms with Gasteiger partial charge in [0.25, 0.3) is 0 Å². The molecule has 2 aromatic carbocycles. The second kappa shape index (κ2) is 4.69. The van der Waals surface area contributed by atoms with Gasteiger partial charge in [-0.1, -0.05) is 72.8 Å². The average molecular weight is 245 g/mol. The first-order chi connectivity index (χ1) is 9.34. The summed E-state index contributed by atoms with van der Waals surface area (Å²) in [4.78, 5) is 12.6. The van der Waals surface area contributed by atoms with Gasteiger partial charge in [-0.2, -0.15) is 0 Å². The maximum atomic E-state index is 12.6. The molecule has 1 nitrogen and oxygen atoms in total. The predicted molar refractivity (Wildman–Crippen MR) is 75.6 cm³/mol. The van der Waals surface area contributed by atoms with Gasteiger partial charge in [0, 0.05) is 0 Å². The Kier molecular flexibility index (Phi) is 2.88. The number of carbonyl (C=O) groups excluding carboxylic acids is 1. The van der Waals surface area contributed by atoms with Crippen LogP contribution in [0, 0.1) is 6.08 Å². The lowest BCUT2D eigenvalue weighted by molar-refractivity contribution is -0.117. The molecule has 0 bridgehead atoms. The molecule has 0 heterocycles. The number of benzene rings is 2. The summed E-state index contributed by atoms with van der Waals surface area (Å²) in [5.74, 6) is 0.0728. The van der Waals surface area contributed by atoms with Gasteiger partial charge < -0.3 is 0 Å². The van der Waals surface area contributed by atoms with Crippen LogP contribution in [0.5, 0.6) is 0 Å². The standard InChI is InChI=1S/C18H13O/c19-17-13-7-8-14-18(17,15-9-3-1-4-10-15)16-11-5-2-6-12-16/h1-7,9-14H. The molecule has 1 radical (unpaired) electrons. The van der Waals surface area contributed by atoms with E-state index >= 15 is 0 Å². The molecule has 1 aliphatic rings. The first-order valence-corrected chi connectivity index (χ1v) is 6.26. The Morgan fingerprint density at radius 1 is 0.789 bits per heavy atom. The number of hydrogen-bond donors (Lipinski definition) is 0. The Morgan fingerprint density at radius 3 is 1.79 bits per heavy atom. The van der Waals surface area contributed by atoms with Crippen LogP contribution in [0.3, 0.4) is 0 Å². The molecule has 0 saturated heterocycles. The maximum absolute atomic E-state index is 12.6. The molecule has 91 valence electrons. The molecule has 0 spiro atoms. The molecular weight excluding hydrogens is 232 g/mol. The molecule has 19 heavy (non-hydrogen) atoms. The van der Waals surface area contributed by atoms with Crippen LogP contribution in [-0.2, 0) is 10.2 Å². The van der Waals surface area contributed by atoms with Gasteiger partial charge in [0.05, 0.1) is 0 Å². The molecule has 1 heteroatoms. The van der Waals surface area contributed by atoms with Gasteiger partial charge in [-0.3, -0.25) is 4.79 Å². The van der Waals surface area contributed by atoms with Crippen molar-refractivity contribution in [1.82, 2.24) is 0 Å². The highest BCUT2D eigenvalue weighted by molar-refractivity contribution is 6.04. The fraction of sp³-hybridized carbons (Fsp3) is 0.0556. The zero-order chi connectivity index (χ0) is 13.1. The van der Waals surface area contributed by atoms with Crippen molar-refractivity contribution < 1.29 is 4.79 Å². The molecule has 0 unspecified atom stereocenters. The van der Waals surface area contributed by atoms with Crippen molar-refractivity contribution in [2.45, 2.75) is 5.41 Å². The van der Waals surface area contributed by atoms with E-state index in [4.69, 9.17) is 0 Å². The summed E-state index contributed by atoms with van der Waals surface area (Å²) in [5.41, 5.74) is 1.21. The van der Waals surface area contributed by atoms with E-state index in [1.165, 1.54) is 0 Å². The highest BCUT2D eigenvalue weighted by atomic mass is 16.1. The molecule has 0 fully saturated rings. The summed E-state index contributed by atoms with van der Waals surface area (Å²) in [7, 11) is 0. The predicted octanol–water partition coefficient (Wildman–Crippen LogP) is 3.47. The molecule has 3 rings (SSSR count). The Labute approximate surface area is 112 Å². The van der Waals surface area contributed by atoms with Crippen LogP contribution < -0.4 is 0 Å². The number of carbonyl (C=O) groups is 1. The van der Waals surface area contributed by atoms with E-state index in [0.717, 1.165) is 11.1 Å². The lowest BCUT2D eigenvalue weighted by atomic mass is 9.69. The number of allylic oxidation sites excluding steroid dienone is 4. The highest BCUT2D eigenvalue weighted by Gasteiger charge is 2.38. The van der Waals surface area contributed by atoms with E-state index < -0.39 is 5.41 Å². The number of hydrogen-bond acceptors (Lipinski definition) is 1. The van der Waals surface area contributed by atoms with Crippen molar-refractivity contribution >= 4 is 5.78 Å². The Balaban J connectivity index is 2.26. The Hall–Kier alpha value is -2.41. The third-order valence-corrected chi connectivity index (χ3v) is 3.48. The van der Waals surface area contributed by atoms with Crippen LogP contribution in [-0.4, -0.2) is 5.78 Å². The summed E-state index contributed by atoms with van der Waals surface area (Å²) in [6.07, 6.45) is 8.21. The maximum Gasteiger partial charge on any atom is 0.174 e. The molecule has 0 atom stereocenters. The first kappa shape index (κ1) is 11.7. The summed E-state index contributed by atoms with van der Waals surface area (Å²) in [5, 5.41) is 0. The summed E-state index contributed by atoms with van der Waals surface area (Å²) < 4.78 is 0. The minimum Gasteiger partial charge on any atom is -0.293 e. The molecule has 0 aromatic heterocycles. The van der Waals surface area contributed by atoms with Crippen molar-refractivity contribution in [1.29, 1.82) is 0 Å². The molecular formula is C18H13O.